The highest BCUT2D eigenvalue weighted by Gasteiger charge is 2.32. The fourth-order valence-corrected chi connectivity index (χ4v) is 1.65. The third kappa shape index (κ3) is 2.58. The van der Waals surface area contributed by atoms with Crippen molar-refractivity contribution in [2.24, 2.45) is 0 Å². The molecule has 0 aliphatic carbocycles. The number of amides is 1. The number of nitrogens with two attached hydrogens (primary N) is 1. The zero-order chi connectivity index (χ0) is 14.9. The van der Waals surface area contributed by atoms with Crippen molar-refractivity contribution in [1.29, 1.82) is 0 Å². The van der Waals surface area contributed by atoms with Gasteiger partial charge in [0.15, 0.2) is 0 Å². The van der Waals surface area contributed by atoms with Crippen LogP contribution in [0.3, 0.4) is 0 Å². The summed E-state index contributed by atoms with van der Waals surface area (Å²) in [4.78, 5) is 11.4. The number of benzene rings is 1. The molecule has 0 atom stereocenters. The van der Waals surface area contributed by atoms with Gasteiger partial charge in [-0.1, -0.05) is 0 Å². The number of nitrogen functional groups attached to an aromatic ring is 1. The third-order valence-electron chi connectivity index (χ3n) is 2.67. The molecule has 0 aliphatic heterocycles. The Morgan fingerprint density at radius 1 is 1.40 bits per heavy atom. The maximum absolute atomic E-state index is 12.5. The maximum Gasteiger partial charge on any atom is 0.419 e. The average molecular weight is 284 g/mol. The number of rotatable bonds is 2. The Bertz CT molecular complexity index is 648. The minimum atomic E-state index is -4.46. The van der Waals surface area contributed by atoms with E-state index in [-0.39, 0.29) is 17.3 Å². The van der Waals surface area contributed by atoms with Crippen molar-refractivity contribution in [3.05, 3.63) is 41.7 Å². The lowest BCUT2D eigenvalue weighted by atomic mass is 10.1. The summed E-state index contributed by atoms with van der Waals surface area (Å²) in [6, 6.07) is 4.27. The molecule has 0 unspecified atom stereocenters. The molecule has 2 aromatic rings. The molecule has 0 spiro atoms. The fourth-order valence-electron chi connectivity index (χ4n) is 1.65. The van der Waals surface area contributed by atoms with Crippen molar-refractivity contribution < 1.29 is 18.0 Å². The number of nitrogens with one attached hydrogen (secondary N) is 1. The number of anilines is 1. The van der Waals surface area contributed by atoms with Crippen LogP contribution in [-0.4, -0.2) is 22.7 Å². The van der Waals surface area contributed by atoms with Crippen LogP contribution in [0.2, 0.25) is 0 Å². The van der Waals surface area contributed by atoms with Crippen LogP contribution in [0.5, 0.6) is 0 Å². The number of aromatic nitrogens is 2. The van der Waals surface area contributed by atoms with E-state index in [0.717, 1.165) is 10.9 Å². The molecule has 106 valence electrons. The topological polar surface area (TPSA) is 72.9 Å². The van der Waals surface area contributed by atoms with Gasteiger partial charge in [-0.3, -0.25) is 4.79 Å². The van der Waals surface area contributed by atoms with E-state index in [1.807, 2.05) is 0 Å². The molecule has 8 heteroatoms. The standard InChI is InChI=1S/C12H11F3N4O/c1-17-11(20)7-2-3-10(9(16)4-7)19-6-8(5-18-19)12(13,14)15/h2-6H,16H2,1H3,(H,17,20). The fraction of sp³-hybridized carbons (Fsp3) is 0.167. The van der Waals surface area contributed by atoms with Crippen molar-refractivity contribution in [3.63, 3.8) is 0 Å². The van der Waals surface area contributed by atoms with Crippen molar-refractivity contribution in [2.45, 2.75) is 6.18 Å². The number of alkyl halides is 3. The van der Waals surface area contributed by atoms with E-state index >= 15 is 0 Å². The van der Waals surface area contributed by atoms with Gasteiger partial charge in [-0.15, -0.1) is 0 Å². The first-order valence-corrected chi connectivity index (χ1v) is 5.57. The monoisotopic (exact) mass is 284 g/mol. The minimum absolute atomic E-state index is 0.155. The molecule has 1 amide bonds. The van der Waals surface area contributed by atoms with Crippen molar-refractivity contribution in [3.8, 4) is 5.69 Å². The van der Waals surface area contributed by atoms with Gasteiger partial charge >= 0.3 is 6.18 Å². The summed E-state index contributed by atoms with van der Waals surface area (Å²) in [5.41, 5.74) is 5.62. The van der Waals surface area contributed by atoms with Crippen LogP contribution in [0.25, 0.3) is 5.69 Å². The SMILES string of the molecule is CNC(=O)c1ccc(-n2cc(C(F)(F)F)cn2)c(N)c1. The average Bonchev–Trinajstić information content (AvgIpc) is 2.87. The Balaban J connectivity index is 2.39. The predicted octanol–water partition coefficient (Wildman–Crippen LogP) is 1.83. The Labute approximate surface area is 112 Å². The van der Waals surface area contributed by atoms with E-state index < -0.39 is 11.7 Å². The van der Waals surface area contributed by atoms with Gasteiger partial charge in [-0.2, -0.15) is 18.3 Å². The maximum atomic E-state index is 12.5. The molecule has 0 radical (unpaired) electrons. The van der Waals surface area contributed by atoms with Crippen LogP contribution in [0.4, 0.5) is 18.9 Å². The Morgan fingerprint density at radius 2 is 2.10 bits per heavy atom. The lowest BCUT2D eigenvalue weighted by molar-refractivity contribution is -0.137. The van der Waals surface area contributed by atoms with Crippen LogP contribution in [0.1, 0.15) is 15.9 Å². The zero-order valence-corrected chi connectivity index (χ0v) is 10.4. The Morgan fingerprint density at radius 3 is 2.60 bits per heavy atom. The van der Waals surface area contributed by atoms with E-state index in [4.69, 9.17) is 5.73 Å². The summed E-state index contributed by atoms with van der Waals surface area (Å²) in [5.74, 6) is -0.334. The van der Waals surface area contributed by atoms with E-state index in [1.165, 1.54) is 25.2 Å². The molecule has 5 nitrogen and oxygen atoms in total. The van der Waals surface area contributed by atoms with Gasteiger partial charge < -0.3 is 11.1 Å². The number of hydrogen-bond donors (Lipinski definition) is 2. The number of carbonyl (C=O) groups excluding carboxylic acids is 1. The molecular formula is C12H11F3N4O. The van der Waals surface area contributed by atoms with Crippen molar-refractivity contribution >= 4 is 11.6 Å². The van der Waals surface area contributed by atoms with Gasteiger partial charge in [0.25, 0.3) is 5.91 Å². The lowest BCUT2D eigenvalue weighted by Gasteiger charge is -2.08. The molecule has 1 heterocycles. The Hall–Kier alpha value is -2.51. The summed E-state index contributed by atoms with van der Waals surface area (Å²) in [7, 11) is 1.47. The van der Waals surface area contributed by atoms with Gasteiger partial charge in [-0.25, -0.2) is 4.68 Å². The summed E-state index contributed by atoms with van der Waals surface area (Å²) >= 11 is 0. The molecule has 1 aromatic carbocycles. The van der Waals surface area contributed by atoms with E-state index in [1.54, 1.807) is 0 Å². The number of nitrogens with zero attached hydrogens (tertiary/aromatic N) is 2. The molecular weight excluding hydrogens is 273 g/mol. The molecule has 0 saturated heterocycles. The molecule has 0 saturated carbocycles. The molecule has 20 heavy (non-hydrogen) atoms. The predicted molar refractivity (Wildman–Crippen MR) is 66.4 cm³/mol. The molecule has 0 bridgehead atoms. The highest BCUT2D eigenvalue weighted by atomic mass is 19.4. The molecule has 0 aliphatic rings. The quantitative estimate of drug-likeness (QED) is 0.826. The number of carbonyl (C=O) groups is 1. The Kier molecular flexibility index (Phi) is 3.39. The molecule has 2 rings (SSSR count). The summed E-state index contributed by atoms with van der Waals surface area (Å²) in [5, 5.41) is 6.05. The van der Waals surface area contributed by atoms with E-state index in [2.05, 4.69) is 10.4 Å². The van der Waals surface area contributed by atoms with E-state index in [0.29, 0.717) is 11.8 Å². The van der Waals surface area contributed by atoms with Gasteiger partial charge in [0, 0.05) is 18.8 Å². The van der Waals surface area contributed by atoms with Crippen LogP contribution >= 0.6 is 0 Å². The first-order chi connectivity index (χ1) is 9.32. The van der Waals surface area contributed by atoms with Gasteiger partial charge in [0.05, 0.1) is 23.1 Å². The van der Waals surface area contributed by atoms with Crippen molar-refractivity contribution in [2.75, 3.05) is 12.8 Å². The molecule has 0 fully saturated rings. The number of hydrogen-bond acceptors (Lipinski definition) is 3. The van der Waals surface area contributed by atoms with Crippen molar-refractivity contribution in [1.82, 2.24) is 15.1 Å². The highest BCUT2D eigenvalue weighted by Crippen LogP contribution is 2.29. The zero-order valence-electron chi connectivity index (χ0n) is 10.4. The molecule has 3 N–H and O–H groups in total. The second-order valence-corrected chi connectivity index (χ2v) is 4.02. The summed E-state index contributed by atoms with van der Waals surface area (Å²) in [6.07, 6.45) is -2.91. The lowest BCUT2D eigenvalue weighted by Crippen LogP contribution is -2.18. The molecule has 1 aromatic heterocycles. The number of halogens is 3. The van der Waals surface area contributed by atoms with Crippen LogP contribution in [-0.2, 0) is 6.18 Å². The first-order valence-electron chi connectivity index (χ1n) is 5.57. The van der Waals surface area contributed by atoms with Crippen LogP contribution in [0, 0.1) is 0 Å². The van der Waals surface area contributed by atoms with Gasteiger partial charge in [-0.05, 0) is 18.2 Å². The minimum Gasteiger partial charge on any atom is -0.397 e. The van der Waals surface area contributed by atoms with Crippen LogP contribution < -0.4 is 11.1 Å². The smallest absolute Gasteiger partial charge is 0.397 e. The first kappa shape index (κ1) is 13.9. The summed E-state index contributed by atoms with van der Waals surface area (Å²) in [6.45, 7) is 0. The largest absolute Gasteiger partial charge is 0.419 e. The summed E-state index contributed by atoms with van der Waals surface area (Å²) < 4.78 is 38.5. The van der Waals surface area contributed by atoms with Crippen LogP contribution in [0.15, 0.2) is 30.6 Å². The third-order valence-corrected chi connectivity index (χ3v) is 2.67. The second kappa shape index (κ2) is 4.87. The second-order valence-electron chi connectivity index (χ2n) is 4.02. The van der Waals surface area contributed by atoms with E-state index in [9.17, 15) is 18.0 Å². The highest BCUT2D eigenvalue weighted by molar-refractivity contribution is 5.95. The normalized spacial score (nSPS) is 11.4. The van der Waals surface area contributed by atoms with Gasteiger partial charge in [0.2, 0.25) is 0 Å². The van der Waals surface area contributed by atoms with Gasteiger partial charge in [0.1, 0.15) is 0 Å².